The third-order valence-corrected chi connectivity index (χ3v) is 12.1. The molecule has 0 atom stereocenters. The van der Waals surface area contributed by atoms with Gasteiger partial charge in [-0.1, -0.05) is 153 Å². The summed E-state index contributed by atoms with van der Waals surface area (Å²) in [5, 5.41) is 0. The van der Waals surface area contributed by atoms with Crippen molar-refractivity contribution in [3.05, 3.63) is 203 Å². The first-order chi connectivity index (χ1) is 26.0. The predicted molar refractivity (Wildman–Crippen MR) is 214 cm³/mol. The van der Waals surface area contributed by atoms with E-state index in [1.165, 1.54) is 43.2 Å². The Morgan fingerprint density at radius 3 is 1.66 bits per heavy atom. The van der Waals surface area contributed by atoms with Crippen LogP contribution in [-0.4, -0.2) is 19.9 Å². The number of pyridine rings is 1. The normalized spacial score (nSPS) is 14.5. The van der Waals surface area contributed by atoms with Crippen molar-refractivity contribution in [3.8, 4) is 45.4 Å². The number of fused-ring (bicyclic) bond motifs is 8. The molecular weight excluding hydrogens is 665 g/mol. The first-order valence-corrected chi connectivity index (χ1v) is 18.8. The van der Waals surface area contributed by atoms with E-state index in [1.807, 2.05) is 60.3 Å². The molecular formula is C48H34N4S. The second kappa shape index (κ2) is 12.2. The molecule has 0 fully saturated rings. The maximum atomic E-state index is 5.01. The summed E-state index contributed by atoms with van der Waals surface area (Å²) in [7, 11) is 0. The summed E-state index contributed by atoms with van der Waals surface area (Å²) < 4.78 is 0. The molecule has 0 unspecified atom stereocenters. The van der Waals surface area contributed by atoms with Crippen molar-refractivity contribution in [2.24, 2.45) is 0 Å². The molecule has 3 heterocycles. The van der Waals surface area contributed by atoms with Crippen molar-refractivity contribution >= 4 is 11.8 Å². The molecule has 2 aliphatic rings. The highest BCUT2D eigenvalue weighted by Gasteiger charge is 2.52. The van der Waals surface area contributed by atoms with Crippen LogP contribution >= 0.6 is 11.8 Å². The third-order valence-electron chi connectivity index (χ3n) is 10.9. The van der Waals surface area contributed by atoms with Gasteiger partial charge < -0.3 is 0 Å². The van der Waals surface area contributed by atoms with Crippen LogP contribution in [0.3, 0.4) is 0 Å². The fourth-order valence-electron chi connectivity index (χ4n) is 8.47. The molecule has 0 radical (unpaired) electrons. The van der Waals surface area contributed by atoms with E-state index in [2.05, 4.69) is 134 Å². The van der Waals surface area contributed by atoms with Crippen LogP contribution in [0.1, 0.15) is 47.2 Å². The minimum Gasteiger partial charge on any atom is -0.253 e. The number of benzene rings is 6. The summed E-state index contributed by atoms with van der Waals surface area (Å²) >= 11 is 1.87. The molecule has 0 amide bonds. The van der Waals surface area contributed by atoms with Gasteiger partial charge in [-0.15, -0.1) is 0 Å². The van der Waals surface area contributed by atoms with Crippen molar-refractivity contribution in [2.45, 2.75) is 34.5 Å². The SMILES string of the molecule is CC1(C)c2ccccc2C2(c3ccccc3Sc3ccc(-c4cccc(-c5nc(-c6ccccc6)nc(-c6ccccn6)n5)c4)cc32)c2ccccc21. The molecule has 2 aromatic heterocycles. The maximum absolute atomic E-state index is 5.01. The van der Waals surface area contributed by atoms with Gasteiger partial charge in [0.25, 0.3) is 0 Å². The number of rotatable bonds is 4. The quantitative estimate of drug-likeness (QED) is 0.183. The summed E-state index contributed by atoms with van der Waals surface area (Å²) in [5.41, 5.74) is 12.2. The van der Waals surface area contributed by atoms with Gasteiger partial charge in [0.1, 0.15) is 5.69 Å². The van der Waals surface area contributed by atoms with Crippen LogP contribution in [0.5, 0.6) is 0 Å². The second-order valence-corrected chi connectivity index (χ2v) is 15.3. The van der Waals surface area contributed by atoms with Crippen LogP contribution < -0.4 is 0 Å². The van der Waals surface area contributed by atoms with Crippen LogP contribution in [0.25, 0.3) is 45.4 Å². The molecule has 8 aromatic rings. The van der Waals surface area contributed by atoms with Crippen LogP contribution in [0.15, 0.2) is 180 Å². The standard InChI is InChI=1S/C48H34N4S/c1-47(2)35-19-6-8-21-37(35)48(38-22-9-7-20-36(38)47)39-23-10-11-25-42(39)53-43-27-26-33(30-40(43)48)32-17-14-18-34(29-32)45-50-44(31-15-4-3-5-16-31)51-46(52-45)41-24-12-13-28-49-41/h3-30H,1-2H3. The Hall–Kier alpha value is -6.17. The van der Waals surface area contributed by atoms with Gasteiger partial charge in [0.2, 0.25) is 0 Å². The molecule has 4 nitrogen and oxygen atoms in total. The average molecular weight is 699 g/mol. The van der Waals surface area contributed by atoms with Crippen LogP contribution in [0.2, 0.25) is 0 Å². The topological polar surface area (TPSA) is 51.6 Å². The molecule has 1 spiro atoms. The van der Waals surface area contributed by atoms with Crippen molar-refractivity contribution in [1.29, 1.82) is 0 Å². The van der Waals surface area contributed by atoms with Gasteiger partial charge in [0.05, 0.1) is 5.41 Å². The molecule has 252 valence electrons. The minimum absolute atomic E-state index is 0.151. The van der Waals surface area contributed by atoms with Crippen molar-refractivity contribution < 1.29 is 0 Å². The molecule has 0 N–H and O–H groups in total. The lowest BCUT2D eigenvalue weighted by molar-refractivity contribution is 0.549. The molecule has 6 aromatic carbocycles. The first kappa shape index (κ1) is 31.6. The zero-order chi connectivity index (χ0) is 35.6. The van der Waals surface area contributed by atoms with Crippen molar-refractivity contribution in [2.75, 3.05) is 0 Å². The molecule has 0 saturated heterocycles. The molecule has 5 heteroatoms. The number of hydrogen-bond donors (Lipinski definition) is 0. The fourth-order valence-corrected chi connectivity index (χ4v) is 9.64. The number of aromatic nitrogens is 4. The lowest BCUT2D eigenvalue weighted by atomic mass is 9.54. The zero-order valence-electron chi connectivity index (χ0n) is 29.4. The lowest BCUT2D eigenvalue weighted by Gasteiger charge is -2.50. The molecule has 1 aliphatic carbocycles. The lowest BCUT2D eigenvalue weighted by Crippen LogP contribution is -2.43. The Kier molecular flexibility index (Phi) is 7.27. The Bertz CT molecular complexity index is 2580. The van der Waals surface area contributed by atoms with E-state index in [4.69, 9.17) is 15.0 Å². The number of nitrogens with zero attached hydrogens (tertiary/aromatic N) is 4. The maximum Gasteiger partial charge on any atom is 0.182 e. The van der Waals surface area contributed by atoms with E-state index in [1.54, 1.807) is 6.20 Å². The van der Waals surface area contributed by atoms with E-state index in [0.29, 0.717) is 23.2 Å². The van der Waals surface area contributed by atoms with Gasteiger partial charge in [0, 0.05) is 32.5 Å². The largest absolute Gasteiger partial charge is 0.253 e. The molecule has 10 rings (SSSR count). The smallest absolute Gasteiger partial charge is 0.182 e. The van der Waals surface area contributed by atoms with Gasteiger partial charge >= 0.3 is 0 Å². The fraction of sp³-hybridized carbons (Fsp3) is 0.0833. The van der Waals surface area contributed by atoms with E-state index in [9.17, 15) is 0 Å². The summed E-state index contributed by atoms with van der Waals surface area (Å²) in [4.78, 5) is 22.0. The van der Waals surface area contributed by atoms with Gasteiger partial charge in [-0.25, -0.2) is 15.0 Å². The van der Waals surface area contributed by atoms with Crippen molar-refractivity contribution in [3.63, 3.8) is 0 Å². The highest BCUT2D eigenvalue weighted by Crippen LogP contribution is 2.61. The summed E-state index contributed by atoms with van der Waals surface area (Å²) in [5.74, 6) is 1.77. The van der Waals surface area contributed by atoms with Gasteiger partial charge in [-0.05, 0) is 80.9 Å². The van der Waals surface area contributed by atoms with E-state index < -0.39 is 5.41 Å². The third kappa shape index (κ3) is 4.92. The Morgan fingerprint density at radius 1 is 0.396 bits per heavy atom. The highest BCUT2D eigenvalue weighted by atomic mass is 32.2. The van der Waals surface area contributed by atoms with Gasteiger partial charge in [0.15, 0.2) is 17.5 Å². The predicted octanol–water partition coefficient (Wildman–Crippen LogP) is 11.4. The second-order valence-electron chi connectivity index (χ2n) is 14.2. The molecule has 1 aliphatic heterocycles. The Morgan fingerprint density at radius 2 is 0.943 bits per heavy atom. The van der Waals surface area contributed by atoms with Crippen LogP contribution in [0.4, 0.5) is 0 Å². The highest BCUT2D eigenvalue weighted by molar-refractivity contribution is 7.99. The number of hydrogen-bond acceptors (Lipinski definition) is 5. The first-order valence-electron chi connectivity index (χ1n) is 18.0. The monoisotopic (exact) mass is 698 g/mol. The van der Waals surface area contributed by atoms with E-state index in [-0.39, 0.29) is 5.41 Å². The van der Waals surface area contributed by atoms with Crippen LogP contribution in [0, 0.1) is 0 Å². The molecule has 0 saturated carbocycles. The van der Waals surface area contributed by atoms with Crippen LogP contribution in [-0.2, 0) is 10.8 Å². The van der Waals surface area contributed by atoms with E-state index in [0.717, 1.165) is 22.3 Å². The van der Waals surface area contributed by atoms with Crippen molar-refractivity contribution in [1.82, 2.24) is 19.9 Å². The minimum atomic E-state index is -0.482. The summed E-state index contributed by atoms with van der Waals surface area (Å²) in [6.45, 7) is 4.74. The Balaban J connectivity index is 1.18. The average Bonchev–Trinajstić information content (AvgIpc) is 3.23. The van der Waals surface area contributed by atoms with Gasteiger partial charge in [-0.2, -0.15) is 0 Å². The molecule has 0 bridgehead atoms. The Labute approximate surface area is 313 Å². The van der Waals surface area contributed by atoms with Gasteiger partial charge in [-0.3, -0.25) is 4.98 Å². The molecule has 53 heavy (non-hydrogen) atoms. The zero-order valence-corrected chi connectivity index (χ0v) is 30.2. The van der Waals surface area contributed by atoms with E-state index >= 15 is 0 Å². The summed E-state index contributed by atoms with van der Waals surface area (Å²) in [6, 6.07) is 58.6. The summed E-state index contributed by atoms with van der Waals surface area (Å²) in [6.07, 6.45) is 1.77.